The summed E-state index contributed by atoms with van der Waals surface area (Å²) in [5.41, 5.74) is 17.3. The molecule has 256 valence electrons. The molecule has 0 aliphatic heterocycles. The number of hydrogen-bond donors (Lipinski definition) is 1. The van der Waals surface area contributed by atoms with E-state index < -0.39 is 0 Å². The molecule has 0 amide bonds. The Balaban J connectivity index is 1.08. The molecule has 0 spiro atoms. The van der Waals surface area contributed by atoms with Crippen molar-refractivity contribution >= 4 is 60.8 Å². The van der Waals surface area contributed by atoms with Crippen molar-refractivity contribution < 1.29 is 4.42 Å². The average molecular weight is 693 g/mol. The molecule has 2 aromatic heterocycles. The van der Waals surface area contributed by atoms with E-state index in [4.69, 9.17) is 4.42 Å². The molecule has 8 aromatic carbocycles. The van der Waals surface area contributed by atoms with E-state index >= 15 is 0 Å². The summed E-state index contributed by atoms with van der Waals surface area (Å²) in [5.74, 6) is 0. The molecule has 1 N–H and O–H groups in total. The number of nitrogens with zero attached hydrogens (tertiary/aromatic N) is 1. The highest BCUT2D eigenvalue weighted by Crippen LogP contribution is 2.51. The van der Waals surface area contributed by atoms with Crippen LogP contribution in [0.4, 0.5) is 17.1 Å². The van der Waals surface area contributed by atoms with Gasteiger partial charge in [0.1, 0.15) is 11.2 Å². The zero-order valence-corrected chi connectivity index (χ0v) is 30.1. The highest BCUT2D eigenvalue weighted by molar-refractivity contribution is 6.16. The molecule has 0 fully saturated rings. The summed E-state index contributed by atoms with van der Waals surface area (Å²) in [6.45, 7) is 4.70. The van der Waals surface area contributed by atoms with Crippen LogP contribution in [0.15, 0.2) is 180 Å². The van der Waals surface area contributed by atoms with Crippen LogP contribution in [0.25, 0.3) is 77.1 Å². The Labute approximate surface area is 313 Å². The van der Waals surface area contributed by atoms with E-state index in [1.54, 1.807) is 0 Å². The second kappa shape index (κ2) is 11.6. The number of anilines is 3. The Hall–Kier alpha value is -6.84. The minimum Gasteiger partial charge on any atom is -0.455 e. The maximum atomic E-state index is 6.49. The predicted octanol–water partition coefficient (Wildman–Crippen LogP) is 14.3. The summed E-state index contributed by atoms with van der Waals surface area (Å²) in [4.78, 5) is 6.22. The molecule has 1 aliphatic carbocycles. The van der Waals surface area contributed by atoms with E-state index in [9.17, 15) is 0 Å². The first-order valence-electron chi connectivity index (χ1n) is 18.7. The first-order valence-corrected chi connectivity index (χ1v) is 18.7. The van der Waals surface area contributed by atoms with Crippen molar-refractivity contribution in [2.75, 3.05) is 4.90 Å². The third-order valence-corrected chi connectivity index (χ3v) is 11.6. The van der Waals surface area contributed by atoms with Crippen LogP contribution >= 0.6 is 0 Å². The molecule has 0 saturated heterocycles. The van der Waals surface area contributed by atoms with E-state index in [0.717, 1.165) is 61.2 Å². The lowest BCUT2D eigenvalue weighted by molar-refractivity contribution is 0.660. The quantitative estimate of drug-likeness (QED) is 0.195. The third kappa shape index (κ3) is 4.55. The van der Waals surface area contributed by atoms with Gasteiger partial charge >= 0.3 is 0 Å². The van der Waals surface area contributed by atoms with Gasteiger partial charge in [0.15, 0.2) is 0 Å². The number of aromatic amines is 1. The van der Waals surface area contributed by atoms with Crippen LogP contribution in [-0.4, -0.2) is 4.98 Å². The fourth-order valence-corrected chi connectivity index (χ4v) is 8.95. The molecule has 11 rings (SSSR count). The number of fused-ring (bicyclic) bond motifs is 9. The second-order valence-corrected chi connectivity index (χ2v) is 15.0. The van der Waals surface area contributed by atoms with Gasteiger partial charge < -0.3 is 14.3 Å². The molecular weight excluding hydrogens is 657 g/mol. The lowest BCUT2D eigenvalue weighted by Crippen LogP contribution is -2.16. The van der Waals surface area contributed by atoms with Crippen molar-refractivity contribution in [3.05, 3.63) is 187 Å². The number of rotatable bonds is 5. The average Bonchev–Trinajstić information content (AvgIpc) is 3.86. The van der Waals surface area contributed by atoms with Crippen molar-refractivity contribution in [2.45, 2.75) is 19.3 Å². The minimum atomic E-state index is -0.106. The van der Waals surface area contributed by atoms with Crippen molar-refractivity contribution in [3.8, 4) is 33.4 Å². The lowest BCUT2D eigenvalue weighted by Gasteiger charge is -2.28. The Morgan fingerprint density at radius 2 is 1.07 bits per heavy atom. The number of nitrogens with one attached hydrogen (secondary N) is 1. The van der Waals surface area contributed by atoms with Crippen LogP contribution < -0.4 is 4.90 Å². The smallest absolute Gasteiger partial charge is 0.143 e. The van der Waals surface area contributed by atoms with Crippen LogP contribution in [0.1, 0.15) is 25.0 Å². The number of H-pyrrole nitrogens is 1. The monoisotopic (exact) mass is 692 g/mol. The van der Waals surface area contributed by atoms with Crippen LogP contribution in [0.2, 0.25) is 0 Å². The summed E-state index contributed by atoms with van der Waals surface area (Å²) in [7, 11) is 0. The molecule has 0 saturated carbocycles. The summed E-state index contributed by atoms with van der Waals surface area (Å²) < 4.78 is 6.49. The molecule has 3 heteroatoms. The van der Waals surface area contributed by atoms with Crippen LogP contribution in [0, 0.1) is 0 Å². The van der Waals surface area contributed by atoms with E-state index in [0.29, 0.717) is 0 Å². The predicted molar refractivity (Wildman–Crippen MR) is 226 cm³/mol. The van der Waals surface area contributed by atoms with Crippen molar-refractivity contribution in [2.24, 2.45) is 0 Å². The van der Waals surface area contributed by atoms with Gasteiger partial charge in [-0.3, -0.25) is 0 Å². The van der Waals surface area contributed by atoms with Crippen LogP contribution in [0.3, 0.4) is 0 Å². The Bertz CT molecular complexity index is 3070. The van der Waals surface area contributed by atoms with E-state index in [1.807, 2.05) is 12.1 Å². The summed E-state index contributed by atoms with van der Waals surface area (Å²) in [6, 6.07) is 63.6. The van der Waals surface area contributed by atoms with Gasteiger partial charge in [-0.15, -0.1) is 0 Å². The SMILES string of the molecule is CC1(C)c2ccccc2-c2ccc(N(c3ccc(-c4ccccc4)cc3)c3ccc4[nH]c5c(-c6cccc7c6oc6ccccc67)cccc5c4c3)cc21. The molecular formula is C51H36N2O. The summed E-state index contributed by atoms with van der Waals surface area (Å²) in [5, 5.41) is 4.63. The maximum absolute atomic E-state index is 6.49. The summed E-state index contributed by atoms with van der Waals surface area (Å²) in [6.07, 6.45) is 0. The number of benzene rings is 8. The standard InChI is InChI=1S/C51H36N2O/c1-51(2)45-20-8-6-14-37(45)38-28-26-36(31-46(38)51)53(34-24-22-33(23-25-34)32-12-4-3-5-13-32)35-27-29-47-44(30-35)41-17-10-16-40(49(41)52-47)43-19-11-18-42-39-15-7-9-21-48(39)54-50(42)43/h3-31,52H,1-2H3. The number of hydrogen-bond acceptors (Lipinski definition) is 2. The lowest BCUT2D eigenvalue weighted by atomic mass is 9.82. The largest absolute Gasteiger partial charge is 0.455 e. The molecule has 0 bridgehead atoms. The maximum Gasteiger partial charge on any atom is 0.143 e. The van der Waals surface area contributed by atoms with Gasteiger partial charge in [0.2, 0.25) is 0 Å². The number of furan rings is 1. The normalized spacial score (nSPS) is 13.1. The molecule has 0 unspecified atom stereocenters. The second-order valence-electron chi connectivity index (χ2n) is 15.0. The molecule has 3 nitrogen and oxygen atoms in total. The molecule has 0 radical (unpaired) electrons. The van der Waals surface area contributed by atoms with Gasteiger partial charge in [0.25, 0.3) is 0 Å². The topological polar surface area (TPSA) is 32.2 Å². The van der Waals surface area contributed by atoms with Crippen LogP contribution in [0.5, 0.6) is 0 Å². The Morgan fingerprint density at radius 1 is 0.444 bits per heavy atom. The van der Waals surface area contributed by atoms with Gasteiger partial charge in [-0.1, -0.05) is 141 Å². The fraction of sp³-hybridized carbons (Fsp3) is 0.0588. The molecule has 1 aliphatic rings. The summed E-state index contributed by atoms with van der Waals surface area (Å²) >= 11 is 0. The van der Waals surface area contributed by atoms with E-state index in [1.165, 1.54) is 44.2 Å². The third-order valence-electron chi connectivity index (χ3n) is 11.6. The van der Waals surface area contributed by atoms with Gasteiger partial charge in [-0.25, -0.2) is 0 Å². The van der Waals surface area contributed by atoms with Crippen molar-refractivity contribution in [1.29, 1.82) is 0 Å². The highest BCUT2D eigenvalue weighted by Gasteiger charge is 2.35. The highest BCUT2D eigenvalue weighted by atomic mass is 16.3. The number of aromatic nitrogens is 1. The zero-order chi connectivity index (χ0) is 36.0. The molecule has 10 aromatic rings. The van der Waals surface area contributed by atoms with Gasteiger partial charge in [0, 0.05) is 60.7 Å². The first kappa shape index (κ1) is 30.8. The molecule has 54 heavy (non-hydrogen) atoms. The minimum absolute atomic E-state index is 0.106. The fourth-order valence-electron chi connectivity index (χ4n) is 8.95. The molecule has 2 heterocycles. The van der Waals surface area contributed by atoms with Crippen molar-refractivity contribution in [3.63, 3.8) is 0 Å². The van der Waals surface area contributed by atoms with E-state index in [-0.39, 0.29) is 5.41 Å². The van der Waals surface area contributed by atoms with Crippen molar-refractivity contribution in [1.82, 2.24) is 4.98 Å². The van der Waals surface area contributed by atoms with Gasteiger partial charge in [-0.2, -0.15) is 0 Å². The van der Waals surface area contributed by atoms with E-state index in [2.05, 4.69) is 188 Å². The van der Waals surface area contributed by atoms with Gasteiger partial charge in [-0.05, 0) is 81.9 Å². The van der Waals surface area contributed by atoms with Gasteiger partial charge in [0.05, 0.1) is 5.52 Å². The zero-order valence-electron chi connectivity index (χ0n) is 30.1. The first-order chi connectivity index (χ1) is 26.5. The Kier molecular flexibility index (Phi) is 6.60. The molecule has 0 atom stereocenters. The number of para-hydroxylation sites is 3. The Morgan fingerprint density at radius 3 is 1.94 bits per heavy atom. The van der Waals surface area contributed by atoms with Crippen LogP contribution in [-0.2, 0) is 5.41 Å².